The number of methoxy groups -OCH3 is 1. The maximum absolute atomic E-state index is 13.3. The van der Waals surface area contributed by atoms with Gasteiger partial charge in [0, 0.05) is 29.0 Å². The average Bonchev–Trinajstić information content (AvgIpc) is 2.93. The van der Waals surface area contributed by atoms with E-state index in [0.29, 0.717) is 34.8 Å². The molecule has 3 rings (SSSR count). The molecule has 0 aliphatic carbocycles. The predicted molar refractivity (Wildman–Crippen MR) is 107 cm³/mol. The Morgan fingerprint density at radius 1 is 1.30 bits per heavy atom. The normalized spacial score (nSPS) is 11.1. The zero-order chi connectivity index (χ0) is 19.7. The molecule has 3 aromatic rings. The van der Waals surface area contributed by atoms with Crippen molar-refractivity contribution in [1.82, 2.24) is 9.55 Å². The average molecular weight is 386 g/mol. The van der Waals surface area contributed by atoms with E-state index in [1.54, 1.807) is 18.6 Å². The molecule has 2 aromatic heterocycles. The number of aryl methyl sites for hydroxylation is 3. The number of carboxylic acid groups (broad SMARTS) is 1. The maximum atomic E-state index is 13.3. The minimum atomic E-state index is -0.869. The molecule has 0 bridgehead atoms. The molecule has 2 heterocycles. The lowest BCUT2D eigenvalue weighted by Crippen LogP contribution is -2.24. The lowest BCUT2D eigenvalue weighted by Gasteiger charge is -2.12. The second-order valence-corrected chi connectivity index (χ2v) is 7.73. The summed E-state index contributed by atoms with van der Waals surface area (Å²) in [4.78, 5) is 30.4. The fourth-order valence-corrected chi connectivity index (χ4v) is 4.36. The maximum Gasteiger partial charge on any atom is 0.303 e. The van der Waals surface area contributed by atoms with Crippen molar-refractivity contribution in [2.75, 3.05) is 7.11 Å². The number of rotatable bonds is 6. The van der Waals surface area contributed by atoms with Gasteiger partial charge in [0.05, 0.1) is 12.5 Å². The van der Waals surface area contributed by atoms with Crippen molar-refractivity contribution in [1.29, 1.82) is 0 Å². The van der Waals surface area contributed by atoms with Gasteiger partial charge in [-0.2, -0.15) is 0 Å². The molecule has 0 amide bonds. The van der Waals surface area contributed by atoms with Crippen LogP contribution in [-0.4, -0.2) is 27.7 Å². The van der Waals surface area contributed by atoms with E-state index in [0.717, 1.165) is 21.6 Å². The number of hydrogen-bond acceptors (Lipinski definition) is 5. The lowest BCUT2D eigenvalue weighted by molar-refractivity contribution is -0.137. The van der Waals surface area contributed by atoms with Crippen molar-refractivity contribution in [3.63, 3.8) is 0 Å². The van der Waals surface area contributed by atoms with Crippen LogP contribution < -0.4 is 10.3 Å². The number of thiophene rings is 1. The van der Waals surface area contributed by atoms with Gasteiger partial charge in [0.2, 0.25) is 0 Å². The minimum Gasteiger partial charge on any atom is -0.496 e. The fourth-order valence-electron chi connectivity index (χ4n) is 3.29. The SMILES string of the molecule is COc1ccc(C)cc1-c1c(C)sc2nc(C)n(CCCC(=O)O)c(=O)c12. The Bertz CT molecular complexity index is 1080. The van der Waals surface area contributed by atoms with E-state index in [1.807, 2.05) is 32.0 Å². The predicted octanol–water partition coefficient (Wildman–Crippen LogP) is 3.92. The van der Waals surface area contributed by atoms with Crippen LogP contribution in [0.4, 0.5) is 0 Å². The van der Waals surface area contributed by atoms with E-state index < -0.39 is 5.97 Å². The highest BCUT2D eigenvalue weighted by atomic mass is 32.1. The standard InChI is InChI=1S/C20H22N2O4S/c1-11-7-8-15(26-4)14(10-11)17-12(2)27-19-18(17)20(25)22(13(3)21-19)9-5-6-16(23)24/h7-8,10H,5-6,9H2,1-4H3,(H,23,24). The van der Waals surface area contributed by atoms with E-state index in [4.69, 9.17) is 9.84 Å². The number of carboxylic acids is 1. The highest BCUT2D eigenvalue weighted by Gasteiger charge is 2.21. The second-order valence-electron chi connectivity index (χ2n) is 6.53. The highest BCUT2D eigenvalue weighted by molar-refractivity contribution is 7.19. The summed E-state index contributed by atoms with van der Waals surface area (Å²) in [5, 5.41) is 9.44. The third-order valence-corrected chi connectivity index (χ3v) is 5.57. The Labute approximate surface area is 161 Å². The van der Waals surface area contributed by atoms with Gasteiger partial charge in [-0.15, -0.1) is 11.3 Å². The summed E-state index contributed by atoms with van der Waals surface area (Å²) in [6.45, 7) is 6.09. The van der Waals surface area contributed by atoms with Crippen LogP contribution in [-0.2, 0) is 11.3 Å². The monoisotopic (exact) mass is 386 g/mol. The number of carbonyl (C=O) groups is 1. The first kappa shape index (κ1) is 19.1. The van der Waals surface area contributed by atoms with Crippen LogP contribution in [0.15, 0.2) is 23.0 Å². The quantitative estimate of drug-likeness (QED) is 0.694. The Hall–Kier alpha value is -2.67. The molecule has 0 radical (unpaired) electrons. The van der Waals surface area contributed by atoms with Crippen LogP contribution in [0.1, 0.15) is 29.1 Å². The summed E-state index contributed by atoms with van der Waals surface area (Å²) in [5.74, 6) is 0.439. The van der Waals surface area contributed by atoms with Gasteiger partial charge in [0.25, 0.3) is 5.56 Å². The molecule has 1 aromatic carbocycles. The summed E-state index contributed by atoms with van der Waals surface area (Å²) in [6.07, 6.45) is 0.403. The van der Waals surface area contributed by atoms with E-state index in [1.165, 1.54) is 11.3 Å². The van der Waals surface area contributed by atoms with Crippen LogP contribution in [0, 0.1) is 20.8 Å². The van der Waals surface area contributed by atoms with Gasteiger partial charge >= 0.3 is 5.97 Å². The van der Waals surface area contributed by atoms with Crippen LogP contribution in [0.25, 0.3) is 21.3 Å². The fraction of sp³-hybridized carbons (Fsp3) is 0.350. The Morgan fingerprint density at radius 2 is 2.04 bits per heavy atom. The molecule has 0 unspecified atom stereocenters. The largest absolute Gasteiger partial charge is 0.496 e. The minimum absolute atomic E-state index is 0.0190. The van der Waals surface area contributed by atoms with Crippen LogP contribution >= 0.6 is 11.3 Å². The van der Waals surface area contributed by atoms with Gasteiger partial charge in [0.1, 0.15) is 16.4 Å². The molecule has 142 valence electrons. The van der Waals surface area contributed by atoms with E-state index >= 15 is 0 Å². The summed E-state index contributed by atoms with van der Waals surface area (Å²) in [5.41, 5.74) is 2.67. The number of nitrogens with zero attached hydrogens (tertiary/aromatic N) is 2. The zero-order valence-electron chi connectivity index (χ0n) is 15.8. The number of aromatic nitrogens is 2. The van der Waals surface area contributed by atoms with Crippen molar-refractivity contribution < 1.29 is 14.6 Å². The molecule has 0 saturated carbocycles. The molecule has 0 fully saturated rings. The van der Waals surface area contributed by atoms with Crippen molar-refractivity contribution in [2.24, 2.45) is 0 Å². The molecule has 27 heavy (non-hydrogen) atoms. The summed E-state index contributed by atoms with van der Waals surface area (Å²) >= 11 is 1.49. The van der Waals surface area contributed by atoms with Crippen molar-refractivity contribution >= 4 is 27.5 Å². The first-order valence-corrected chi connectivity index (χ1v) is 9.52. The third-order valence-electron chi connectivity index (χ3n) is 4.58. The molecule has 6 nitrogen and oxygen atoms in total. The lowest BCUT2D eigenvalue weighted by atomic mass is 10.0. The van der Waals surface area contributed by atoms with E-state index in [-0.39, 0.29) is 12.0 Å². The van der Waals surface area contributed by atoms with Crippen molar-refractivity contribution in [3.8, 4) is 16.9 Å². The third kappa shape index (κ3) is 3.60. The number of fused-ring (bicyclic) bond motifs is 1. The molecule has 7 heteroatoms. The number of aliphatic carboxylic acids is 1. The van der Waals surface area contributed by atoms with E-state index in [2.05, 4.69) is 4.98 Å². The molecule has 0 aliphatic rings. The molecule has 0 saturated heterocycles. The molecular formula is C20H22N2O4S. The number of ether oxygens (including phenoxy) is 1. The molecule has 0 spiro atoms. The van der Waals surface area contributed by atoms with Crippen molar-refractivity contribution in [2.45, 2.75) is 40.2 Å². The first-order chi connectivity index (χ1) is 12.8. The number of benzene rings is 1. The number of hydrogen-bond donors (Lipinski definition) is 1. The van der Waals surface area contributed by atoms with Gasteiger partial charge in [-0.3, -0.25) is 14.2 Å². The summed E-state index contributed by atoms with van der Waals surface area (Å²) in [6, 6.07) is 5.89. The molecular weight excluding hydrogens is 364 g/mol. The Morgan fingerprint density at radius 3 is 2.70 bits per heavy atom. The highest BCUT2D eigenvalue weighted by Crippen LogP contribution is 2.40. The molecule has 0 atom stereocenters. The van der Waals surface area contributed by atoms with Gasteiger partial charge in [0.15, 0.2) is 0 Å². The first-order valence-electron chi connectivity index (χ1n) is 8.70. The Kier molecular flexibility index (Phi) is 5.32. The van der Waals surface area contributed by atoms with Crippen molar-refractivity contribution in [3.05, 3.63) is 44.8 Å². The van der Waals surface area contributed by atoms with Gasteiger partial charge in [-0.25, -0.2) is 4.98 Å². The molecule has 0 aliphatic heterocycles. The summed E-state index contributed by atoms with van der Waals surface area (Å²) < 4.78 is 7.10. The van der Waals surface area contributed by atoms with Gasteiger partial charge in [-0.05, 0) is 39.3 Å². The second kappa shape index (κ2) is 7.52. The molecule has 1 N–H and O–H groups in total. The van der Waals surface area contributed by atoms with Crippen LogP contribution in [0.5, 0.6) is 5.75 Å². The van der Waals surface area contributed by atoms with Crippen LogP contribution in [0.3, 0.4) is 0 Å². The topological polar surface area (TPSA) is 81.4 Å². The van der Waals surface area contributed by atoms with E-state index in [9.17, 15) is 9.59 Å². The smallest absolute Gasteiger partial charge is 0.303 e. The van der Waals surface area contributed by atoms with Gasteiger partial charge in [-0.1, -0.05) is 11.6 Å². The Balaban J connectivity index is 2.23. The zero-order valence-corrected chi connectivity index (χ0v) is 16.6. The summed E-state index contributed by atoms with van der Waals surface area (Å²) in [7, 11) is 1.62. The van der Waals surface area contributed by atoms with Crippen LogP contribution in [0.2, 0.25) is 0 Å². The van der Waals surface area contributed by atoms with Gasteiger partial charge < -0.3 is 9.84 Å².